The molecule has 3 rings (SSSR count). The molecule has 2 aromatic heterocycles. The Bertz CT molecular complexity index is 781. The number of imidazole rings is 1. The molecule has 3 aromatic rings. The number of primary amides is 1. The maximum absolute atomic E-state index is 11.4. The molecule has 2 heterocycles. The largest absolute Gasteiger partial charge is 0.486 e. The van der Waals surface area contributed by atoms with Gasteiger partial charge in [-0.15, -0.1) is 0 Å². The minimum Gasteiger partial charge on any atom is -0.486 e. The number of amides is 1. The van der Waals surface area contributed by atoms with E-state index in [-0.39, 0.29) is 12.2 Å². The average molecular weight is 302 g/mol. The van der Waals surface area contributed by atoms with E-state index in [1.165, 1.54) is 6.07 Å². The van der Waals surface area contributed by atoms with E-state index >= 15 is 0 Å². The number of carbonyl (C=O) groups excluding carboxylic acids is 1. The van der Waals surface area contributed by atoms with Crippen molar-refractivity contribution in [2.24, 2.45) is 5.73 Å². The van der Waals surface area contributed by atoms with Gasteiger partial charge in [-0.1, -0.05) is 17.7 Å². The number of halogens is 1. The average Bonchev–Trinajstić information content (AvgIpc) is 2.88. The lowest BCUT2D eigenvalue weighted by Crippen LogP contribution is -2.13. The van der Waals surface area contributed by atoms with Crippen molar-refractivity contribution in [1.29, 1.82) is 0 Å². The lowest BCUT2D eigenvalue weighted by Gasteiger charge is -2.08. The number of aromatic nitrogens is 2. The predicted molar refractivity (Wildman–Crippen MR) is 79.5 cm³/mol. The van der Waals surface area contributed by atoms with Crippen LogP contribution in [0.15, 0.2) is 48.8 Å². The third-order valence-corrected chi connectivity index (χ3v) is 3.23. The number of carbonyl (C=O) groups is 1. The van der Waals surface area contributed by atoms with Crippen LogP contribution in [0.2, 0.25) is 5.02 Å². The Morgan fingerprint density at radius 1 is 1.33 bits per heavy atom. The molecule has 0 aliphatic heterocycles. The molecule has 0 radical (unpaired) electrons. The Balaban J connectivity index is 1.83. The summed E-state index contributed by atoms with van der Waals surface area (Å²) >= 11 is 5.85. The first-order valence-corrected chi connectivity index (χ1v) is 6.66. The highest BCUT2D eigenvalue weighted by Gasteiger charge is 2.11. The van der Waals surface area contributed by atoms with E-state index in [0.29, 0.717) is 10.8 Å². The van der Waals surface area contributed by atoms with Crippen LogP contribution in [0.25, 0.3) is 5.65 Å². The molecule has 0 unspecified atom stereocenters. The maximum atomic E-state index is 11.4. The first kappa shape index (κ1) is 13.5. The van der Waals surface area contributed by atoms with Gasteiger partial charge in [0.25, 0.3) is 5.91 Å². The van der Waals surface area contributed by atoms with Crippen LogP contribution in [0.4, 0.5) is 0 Å². The van der Waals surface area contributed by atoms with Gasteiger partial charge in [0.2, 0.25) is 0 Å². The highest BCUT2D eigenvalue weighted by molar-refractivity contribution is 6.31. The fourth-order valence-electron chi connectivity index (χ4n) is 2.03. The molecule has 6 heteroatoms. The van der Waals surface area contributed by atoms with Crippen molar-refractivity contribution in [3.8, 4) is 5.75 Å². The van der Waals surface area contributed by atoms with E-state index < -0.39 is 5.91 Å². The van der Waals surface area contributed by atoms with Crippen LogP contribution < -0.4 is 10.5 Å². The lowest BCUT2D eigenvalue weighted by atomic mass is 10.2. The third-order valence-electron chi connectivity index (χ3n) is 3.00. The molecule has 1 aromatic carbocycles. The first-order valence-electron chi connectivity index (χ1n) is 6.28. The Morgan fingerprint density at radius 3 is 2.95 bits per heavy atom. The topological polar surface area (TPSA) is 69.6 Å². The SMILES string of the molecule is NC(=O)c1cc(Cl)ccc1OCc1cn2ccccc2n1. The molecule has 0 aliphatic rings. The van der Waals surface area contributed by atoms with Crippen molar-refractivity contribution < 1.29 is 9.53 Å². The Hall–Kier alpha value is -2.53. The molecule has 5 nitrogen and oxygen atoms in total. The standard InChI is InChI=1S/C15H12ClN3O2/c16-10-4-5-13(12(7-10)15(17)20)21-9-11-8-19-6-2-1-3-14(19)18-11/h1-8H,9H2,(H2,17,20). The van der Waals surface area contributed by atoms with E-state index in [1.807, 2.05) is 35.0 Å². The summed E-state index contributed by atoms with van der Waals surface area (Å²) in [5, 5.41) is 0.434. The van der Waals surface area contributed by atoms with Gasteiger partial charge < -0.3 is 14.9 Å². The number of hydrogen-bond acceptors (Lipinski definition) is 3. The number of nitrogens with zero attached hydrogens (tertiary/aromatic N) is 2. The number of benzene rings is 1. The van der Waals surface area contributed by atoms with Crippen LogP contribution in [0.5, 0.6) is 5.75 Å². The molecule has 0 bridgehead atoms. The fraction of sp³-hybridized carbons (Fsp3) is 0.0667. The van der Waals surface area contributed by atoms with Crippen LogP contribution in [-0.4, -0.2) is 15.3 Å². The summed E-state index contributed by atoms with van der Waals surface area (Å²) in [6.45, 7) is 0.240. The van der Waals surface area contributed by atoms with Gasteiger partial charge in [0.05, 0.1) is 11.3 Å². The molecule has 0 atom stereocenters. The molecular formula is C15H12ClN3O2. The van der Waals surface area contributed by atoms with Crippen molar-refractivity contribution in [1.82, 2.24) is 9.38 Å². The number of hydrogen-bond donors (Lipinski definition) is 1. The summed E-state index contributed by atoms with van der Waals surface area (Å²) < 4.78 is 7.53. The predicted octanol–water partition coefficient (Wildman–Crippen LogP) is 2.67. The third kappa shape index (κ3) is 2.83. The summed E-state index contributed by atoms with van der Waals surface area (Å²) in [6, 6.07) is 10.5. The molecule has 21 heavy (non-hydrogen) atoms. The van der Waals surface area contributed by atoms with Gasteiger partial charge in [-0.2, -0.15) is 0 Å². The molecule has 0 aliphatic carbocycles. The first-order chi connectivity index (χ1) is 10.1. The molecular weight excluding hydrogens is 290 g/mol. The van der Waals surface area contributed by atoms with Gasteiger partial charge in [-0.3, -0.25) is 4.79 Å². The van der Waals surface area contributed by atoms with E-state index in [4.69, 9.17) is 22.1 Å². The number of rotatable bonds is 4. The van der Waals surface area contributed by atoms with Crippen LogP contribution in [0.3, 0.4) is 0 Å². The van der Waals surface area contributed by atoms with Crippen LogP contribution >= 0.6 is 11.6 Å². The quantitative estimate of drug-likeness (QED) is 0.805. The van der Waals surface area contributed by atoms with Gasteiger partial charge in [-0.05, 0) is 30.3 Å². The molecule has 1 amide bonds. The zero-order valence-corrected chi connectivity index (χ0v) is 11.7. The summed E-state index contributed by atoms with van der Waals surface area (Å²) in [5.41, 5.74) is 7.16. The Labute approximate surface area is 125 Å². The molecule has 0 saturated carbocycles. The normalized spacial score (nSPS) is 10.7. The van der Waals surface area contributed by atoms with Gasteiger partial charge in [0.15, 0.2) is 0 Å². The molecule has 106 valence electrons. The summed E-state index contributed by atoms with van der Waals surface area (Å²) in [5.74, 6) is -0.188. The maximum Gasteiger partial charge on any atom is 0.252 e. The zero-order chi connectivity index (χ0) is 14.8. The highest BCUT2D eigenvalue weighted by atomic mass is 35.5. The van der Waals surface area contributed by atoms with Crippen molar-refractivity contribution in [3.05, 3.63) is 65.1 Å². The van der Waals surface area contributed by atoms with Crippen molar-refractivity contribution in [3.63, 3.8) is 0 Å². The summed E-state index contributed by atoms with van der Waals surface area (Å²) in [6.07, 6.45) is 3.78. The van der Waals surface area contributed by atoms with Crippen molar-refractivity contribution >= 4 is 23.2 Å². The lowest BCUT2D eigenvalue weighted by molar-refractivity contribution is 0.0996. The summed E-state index contributed by atoms with van der Waals surface area (Å²) in [7, 11) is 0. The van der Waals surface area contributed by atoms with E-state index in [0.717, 1.165) is 11.3 Å². The zero-order valence-electron chi connectivity index (χ0n) is 11.0. The molecule has 0 saturated heterocycles. The molecule has 0 spiro atoms. The Kier molecular flexibility index (Phi) is 3.50. The molecule has 2 N–H and O–H groups in total. The number of nitrogens with two attached hydrogens (primary N) is 1. The fourth-order valence-corrected chi connectivity index (χ4v) is 2.20. The second-order valence-electron chi connectivity index (χ2n) is 4.49. The number of pyridine rings is 1. The minimum atomic E-state index is -0.581. The second kappa shape index (κ2) is 5.46. The van der Waals surface area contributed by atoms with E-state index in [9.17, 15) is 4.79 Å². The van der Waals surface area contributed by atoms with E-state index in [2.05, 4.69) is 4.98 Å². The monoisotopic (exact) mass is 301 g/mol. The smallest absolute Gasteiger partial charge is 0.252 e. The Morgan fingerprint density at radius 2 is 2.19 bits per heavy atom. The van der Waals surface area contributed by atoms with Crippen LogP contribution in [-0.2, 0) is 6.61 Å². The second-order valence-corrected chi connectivity index (χ2v) is 4.93. The molecule has 0 fully saturated rings. The van der Waals surface area contributed by atoms with E-state index in [1.54, 1.807) is 12.1 Å². The highest BCUT2D eigenvalue weighted by Crippen LogP contribution is 2.23. The van der Waals surface area contributed by atoms with Crippen molar-refractivity contribution in [2.45, 2.75) is 6.61 Å². The van der Waals surface area contributed by atoms with Gasteiger partial charge in [-0.25, -0.2) is 4.98 Å². The van der Waals surface area contributed by atoms with Gasteiger partial charge in [0, 0.05) is 17.4 Å². The van der Waals surface area contributed by atoms with Gasteiger partial charge >= 0.3 is 0 Å². The van der Waals surface area contributed by atoms with Crippen LogP contribution in [0.1, 0.15) is 16.1 Å². The summed E-state index contributed by atoms with van der Waals surface area (Å²) in [4.78, 5) is 15.8. The minimum absolute atomic E-state index is 0.240. The number of fused-ring (bicyclic) bond motifs is 1. The van der Waals surface area contributed by atoms with Crippen molar-refractivity contribution in [2.75, 3.05) is 0 Å². The number of ether oxygens (including phenoxy) is 1. The van der Waals surface area contributed by atoms with Gasteiger partial charge in [0.1, 0.15) is 18.0 Å². The van der Waals surface area contributed by atoms with Crippen LogP contribution in [0, 0.1) is 0 Å².